The second kappa shape index (κ2) is 4.39. The Bertz CT molecular complexity index is 684. The van der Waals surface area contributed by atoms with E-state index in [1.807, 2.05) is 30.3 Å². The fourth-order valence-corrected chi connectivity index (χ4v) is 2.26. The summed E-state index contributed by atoms with van der Waals surface area (Å²) in [4.78, 5) is 23.3. The normalized spacial score (nSPS) is 14.3. The summed E-state index contributed by atoms with van der Waals surface area (Å²) in [5, 5.41) is 9.04. The highest BCUT2D eigenvalue weighted by Crippen LogP contribution is 2.37. The molecule has 0 unspecified atom stereocenters. The van der Waals surface area contributed by atoms with E-state index in [0.717, 1.165) is 24.1 Å². The molecule has 0 spiro atoms. The van der Waals surface area contributed by atoms with Crippen molar-refractivity contribution in [1.29, 1.82) is 0 Å². The maximum Gasteiger partial charge on any atom is 0.341 e. The number of rotatable bonds is 3. The van der Waals surface area contributed by atoms with E-state index in [0.29, 0.717) is 0 Å². The molecular weight excluding hydrogens is 242 g/mol. The van der Waals surface area contributed by atoms with Gasteiger partial charge in [-0.25, -0.2) is 4.79 Å². The number of aromatic nitrogens is 1. The molecule has 4 heteroatoms. The van der Waals surface area contributed by atoms with E-state index in [1.165, 1.54) is 6.07 Å². The van der Waals surface area contributed by atoms with Crippen molar-refractivity contribution in [3.05, 3.63) is 58.4 Å². The summed E-state index contributed by atoms with van der Waals surface area (Å²) < 4.78 is 1.62. The van der Waals surface area contributed by atoms with Crippen LogP contribution in [0.1, 0.15) is 29.2 Å². The topological polar surface area (TPSA) is 59.3 Å². The molecule has 1 aliphatic rings. The van der Waals surface area contributed by atoms with Crippen LogP contribution in [0.5, 0.6) is 0 Å². The van der Waals surface area contributed by atoms with Gasteiger partial charge in [-0.1, -0.05) is 30.3 Å². The number of benzene rings is 1. The van der Waals surface area contributed by atoms with Gasteiger partial charge in [-0.15, -0.1) is 0 Å². The predicted molar refractivity (Wildman–Crippen MR) is 71.4 cm³/mol. The largest absolute Gasteiger partial charge is 0.477 e. The third-order valence-corrected chi connectivity index (χ3v) is 3.33. The van der Waals surface area contributed by atoms with Crippen LogP contribution in [0, 0.1) is 0 Å². The summed E-state index contributed by atoms with van der Waals surface area (Å²) >= 11 is 0. The van der Waals surface area contributed by atoms with Crippen LogP contribution in [0.15, 0.2) is 47.3 Å². The molecule has 4 nitrogen and oxygen atoms in total. The molecule has 1 aromatic heterocycles. The SMILES string of the molecule is O=C(O)c1ccc(-c2ccccc2)n(C2CC2)c1=O. The zero-order valence-electron chi connectivity index (χ0n) is 10.2. The Morgan fingerprint density at radius 3 is 2.37 bits per heavy atom. The predicted octanol–water partition coefficient (Wildman–Crippen LogP) is 2.55. The van der Waals surface area contributed by atoms with Gasteiger partial charge in [-0.05, 0) is 30.5 Å². The molecule has 1 aliphatic carbocycles. The van der Waals surface area contributed by atoms with E-state index in [-0.39, 0.29) is 11.6 Å². The van der Waals surface area contributed by atoms with Crippen molar-refractivity contribution < 1.29 is 9.90 Å². The first-order valence-corrected chi connectivity index (χ1v) is 6.23. The van der Waals surface area contributed by atoms with Crippen LogP contribution < -0.4 is 5.56 Å². The Kier molecular flexibility index (Phi) is 2.71. The van der Waals surface area contributed by atoms with Crippen LogP contribution in [0.25, 0.3) is 11.3 Å². The summed E-state index contributed by atoms with van der Waals surface area (Å²) in [5.74, 6) is -1.17. The van der Waals surface area contributed by atoms with Gasteiger partial charge in [0.1, 0.15) is 5.56 Å². The van der Waals surface area contributed by atoms with E-state index in [4.69, 9.17) is 5.11 Å². The molecule has 0 saturated heterocycles. The van der Waals surface area contributed by atoms with Crippen molar-refractivity contribution in [2.24, 2.45) is 0 Å². The number of pyridine rings is 1. The Labute approximate surface area is 109 Å². The standard InChI is InChI=1S/C15H13NO3/c17-14-12(15(18)19)8-9-13(16(14)11-6-7-11)10-4-2-1-3-5-10/h1-5,8-9,11H,6-7H2,(H,18,19). The van der Waals surface area contributed by atoms with E-state index in [9.17, 15) is 9.59 Å². The lowest BCUT2D eigenvalue weighted by molar-refractivity contribution is 0.0694. The Balaban J connectivity index is 2.24. The lowest BCUT2D eigenvalue weighted by atomic mass is 10.1. The van der Waals surface area contributed by atoms with Gasteiger partial charge in [-0.2, -0.15) is 0 Å². The first kappa shape index (κ1) is 11.7. The van der Waals surface area contributed by atoms with Crippen LogP contribution in [-0.2, 0) is 0 Å². The Morgan fingerprint density at radius 2 is 1.79 bits per heavy atom. The quantitative estimate of drug-likeness (QED) is 0.916. The average molecular weight is 255 g/mol. The van der Waals surface area contributed by atoms with Gasteiger partial charge in [-0.3, -0.25) is 4.79 Å². The van der Waals surface area contributed by atoms with Crippen molar-refractivity contribution in [3.63, 3.8) is 0 Å². The van der Waals surface area contributed by atoms with E-state index in [2.05, 4.69) is 0 Å². The minimum atomic E-state index is -1.17. The van der Waals surface area contributed by atoms with E-state index in [1.54, 1.807) is 10.6 Å². The van der Waals surface area contributed by atoms with Gasteiger partial charge in [0.05, 0.1) is 5.69 Å². The highest BCUT2D eigenvalue weighted by molar-refractivity contribution is 5.87. The number of nitrogens with zero attached hydrogens (tertiary/aromatic N) is 1. The summed E-state index contributed by atoms with van der Waals surface area (Å²) in [6.45, 7) is 0. The fraction of sp³-hybridized carbons (Fsp3) is 0.200. The van der Waals surface area contributed by atoms with Crippen molar-refractivity contribution in [2.45, 2.75) is 18.9 Å². The number of carbonyl (C=O) groups is 1. The molecule has 19 heavy (non-hydrogen) atoms. The minimum Gasteiger partial charge on any atom is -0.477 e. The van der Waals surface area contributed by atoms with Crippen molar-refractivity contribution in [1.82, 2.24) is 4.57 Å². The van der Waals surface area contributed by atoms with Crippen LogP contribution in [0.2, 0.25) is 0 Å². The first-order chi connectivity index (χ1) is 9.18. The van der Waals surface area contributed by atoms with E-state index >= 15 is 0 Å². The van der Waals surface area contributed by atoms with Crippen LogP contribution in [0.4, 0.5) is 0 Å². The first-order valence-electron chi connectivity index (χ1n) is 6.23. The number of aromatic carboxylic acids is 1. The molecule has 1 saturated carbocycles. The molecule has 0 aliphatic heterocycles. The molecule has 1 heterocycles. The molecule has 96 valence electrons. The third-order valence-electron chi connectivity index (χ3n) is 3.33. The van der Waals surface area contributed by atoms with Gasteiger partial charge in [0, 0.05) is 6.04 Å². The van der Waals surface area contributed by atoms with Crippen molar-refractivity contribution in [3.8, 4) is 11.3 Å². The smallest absolute Gasteiger partial charge is 0.341 e. The molecule has 0 atom stereocenters. The average Bonchev–Trinajstić information content (AvgIpc) is 3.23. The molecule has 0 bridgehead atoms. The molecule has 1 aromatic carbocycles. The second-order valence-electron chi connectivity index (χ2n) is 4.71. The van der Waals surface area contributed by atoms with Gasteiger partial charge in [0.15, 0.2) is 0 Å². The Hall–Kier alpha value is -2.36. The monoisotopic (exact) mass is 255 g/mol. The minimum absolute atomic E-state index is 0.141. The number of carboxylic acid groups (broad SMARTS) is 1. The number of hydrogen-bond acceptors (Lipinski definition) is 2. The van der Waals surface area contributed by atoms with Crippen LogP contribution >= 0.6 is 0 Å². The number of hydrogen-bond donors (Lipinski definition) is 1. The molecule has 1 fully saturated rings. The molecule has 3 rings (SSSR count). The van der Waals surface area contributed by atoms with E-state index < -0.39 is 11.5 Å². The zero-order valence-corrected chi connectivity index (χ0v) is 10.2. The van der Waals surface area contributed by atoms with Crippen LogP contribution in [0.3, 0.4) is 0 Å². The summed E-state index contributed by atoms with van der Waals surface area (Å²) in [6.07, 6.45) is 1.87. The van der Waals surface area contributed by atoms with Crippen molar-refractivity contribution >= 4 is 5.97 Å². The fourth-order valence-electron chi connectivity index (χ4n) is 2.26. The van der Waals surface area contributed by atoms with Crippen LogP contribution in [-0.4, -0.2) is 15.6 Å². The zero-order chi connectivity index (χ0) is 13.4. The highest BCUT2D eigenvalue weighted by atomic mass is 16.4. The summed E-state index contributed by atoms with van der Waals surface area (Å²) in [6, 6.07) is 12.8. The third kappa shape index (κ3) is 2.05. The van der Waals surface area contributed by atoms with Crippen molar-refractivity contribution in [2.75, 3.05) is 0 Å². The highest BCUT2D eigenvalue weighted by Gasteiger charge is 2.28. The van der Waals surface area contributed by atoms with Gasteiger partial charge < -0.3 is 9.67 Å². The molecule has 0 amide bonds. The number of carboxylic acids is 1. The van der Waals surface area contributed by atoms with Gasteiger partial charge >= 0.3 is 5.97 Å². The molecule has 1 N–H and O–H groups in total. The maximum atomic E-state index is 12.3. The lowest BCUT2D eigenvalue weighted by Crippen LogP contribution is -2.26. The lowest BCUT2D eigenvalue weighted by Gasteiger charge is -2.13. The van der Waals surface area contributed by atoms with Gasteiger partial charge in [0.2, 0.25) is 0 Å². The second-order valence-corrected chi connectivity index (χ2v) is 4.71. The van der Waals surface area contributed by atoms with Gasteiger partial charge in [0.25, 0.3) is 5.56 Å². The molecule has 2 aromatic rings. The molecular formula is C15H13NO3. The maximum absolute atomic E-state index is 12.3. The molecule has 0 radical (unpaired) electrons. The Morgan fingerprint density at radius 1 is 1.11 bits per heavy atom. The summed E-state index contributed by atoms with van der Waals surface area (Å²) in [5.41, 5.74) is 1.16. The summed E-state index contributed by atoms with van der Waals surface area (Å²) in [7, 11) is 0.